The van der Waals surface area contributed by atoms with Gasteiger partial charge in [-0.25, -0.2) is 8.78 Å². The Kier molecular flexibility index (Phi) is 3.74. The second kappa shape index (κ2) is 4.84. The summed E-state index contributed by atoms with van der Waals surface area (Å²) in [7, 11) is 0. The third-order valence-electron chi connectivity index (χ3n) is 2.04. The van der Waals surface area contributed by atoms with Crippen LogP contribution in [0.2, 0.25) is 0 Å². The molecule has 0 spiro atoms. The Morgan fingerprint density at radius 3 is 2.07 bits per heavy atom. The molecule has 0 radical (unpaired) electrons. The van der Waals surface area contributed by atoms with Crippen molar-refractivity contribution in [3.63, 3.8) is 0 Å². The molecule has 1 amide bonds. The topological polar surface area (TPSA) is 69.1 Å². The van der Waals surface area contributed by atoms with E-state index in [9.17, 15) is 13.6 Å². The first-order valence-corrected chi connectivity index (χ1v) is 4.42. The Morgan fingerprint density at radius 2 is 1.67 bits per heavy atom. The number of carbonyl (C=O) groups is 1. The van der Waals surface area contributed by atoms with E-state index in [0.29, 0.717) is 5.56 Å². The van der Waals surface area contributed by atoms with Crippen molar-refractivity contribution >= 4 is 5.91 Å². The summed E-state index contributed by atoms with van der Waals surface area (Å²) in [6.07, 6.45) is -2.49. The van der Waals surface area contributed by atoms with Gasteiger partial charge < -0.3 is 11.5 Å². The molecule has 1 rings (SSSR count). The lowest BCUT2D eigenvalue weighted by molar-refractivity contribution is -0.118. The molecule has 0 heterocycles. The molecule has 4 N–H and O–H groups in total. The van der Waals surface area contributed by atoms with E-state index < -0.39 is 18.4 Å². The van der Waals surface area contributed by atoms with Crippen molar-refractivity contribution in [1.29, 1.82) is 0 Å². The number of benzene rings is 1. The van der Waals surface area contributed by atoms with Crippen LogP contribution in [0.5, 0.6) is 0 Å². The monoisotopic (exact) mass is 214 g/mol. The zero-order valence-electron chi connectivity index (χ0n) is 7.99. The Balaban J connectivity index is 2.75. The van der Waals surface area contributed by atoms with Crippen molar-refractivity contribution in [1.82, 2.24) is 0 Å². The number of nitrogens with two attached hydrogens (primary N) is 2. The average Bonchev–Trinajstić information content (AvgIpc) is 2.17. The summed E-state index contributed by atoms with van der Waals surface area (Å²) >= 11 is 0. The Morgan fingerprint density at radius 1 is 1.20 bits per heavy atom. The molecule has 0 bridgehead atoms. The maximum Gasteiger partial charge on any atom is 0.263 e. The van der Waals surface area contributed by atoms with Crippen molar-refractivity contribution in [3.05, 3.63) is 35.4 Å². The smallest absolute Gasteiger partial charge is 0.263 e. The molecule has 3 nitrogen and oxygen atoms in total. The summed E-state index contributed by atoms with van der Waals surface area (Å²) < 4.78 is 24.4. The maximum absolute atomic E-state index is 12.2. The molecule has 0 saturated carbocycles. The lowest BCUT2D eigenvalue weighted by Gasteiger charge is -2.10. The maximum atomic E-state index is 12.2. The lowest BCUT2D eigenvalue weighted by Crippen LogP contribution is -2.20. The SMILES string of the molecule is NC(=O)C[C@H](N)c1ccc(C(F)F)cc1. The van der Waals surface area contributed by atoms with Gasteiger partial charge >= 0.3 is 0 Å². The quantitative estimate of drug-likeness (QED) is 0.797. The van der Waals surface area contributed by atoms with Crippen molar-refractivity contribution in [2.24, 2.45) is 11.5 Å². The van der Waals surface area contributed by atoms with Crippen LogP contribution >= 0.6 is 0 Å². The average molecular weight is 214 g/mol. The number of alkyl halides is 2. The third-order valence-corrected chi connectivity index (χ3v) is 2.04. The van der Waals surface area contributed by atoms with Gasteiger partial charge in [0, 0.05) is 18.0 Å². The standard InChI is InChI=1S/C10H12F2N2O/c11-10(12)7-3-1-6(2-4-7)8(13)5-9(14)15/h1-4,8,10H,5,13H2,(H2,14,15)/t8-/m0/s1. The fourth-order valence-corrected chi connectivity index (χ4v) is 1.22. The van der Waals surface area contributed by atoms with Crippen LogP contribution in [-0.4, -0.2) is 5.91 Å². The largest absolute Gasteiger partial charge is 0.370 e. The number of amides is 1. The minimum absolute atomic E-state index is 0.00796. The van der Waals surface area contributed by atoms with E-state index in [1.807, 2.05) is 0 Å². The molecule has 0 aliphatic heterocycles. The Hall–Kier alpha value is -1.49. The minimum Gasteiger partial charge on any atom is -0.370 e. The van der Waals surface area contributed by atoms with Gasteiger partial charge in [-0.15, -0.1) is 0 Å². The normalized spacial score (nSPS) is 12.8. The number of hydrogen-bond donors (Lipinski definition) is 2. The van der Waals surface area contributed by atoms with Crippen LogP contribution in [0.1, 0.15) is 30.0 Å². The lowest BCUT2D eigenvalue weighted by atomic mass is 10.0. The van der Waals surface area contributed by atoms with Gasteiger partial charge in [-0.05, 0) is 5.56 Å². The second-order valence-electron chi connectivity index (χ2n) is 3.24. The molecule has 0 unspecified atom stereocenters. The summed E-state index contributed by atoms with van der Waals surface area (Å²) in [6.45, 7) is 0. The van der Waals surface area contributed by atoms with Gasteiger partial charge in [-0.1, -0.05) is 24.3 Å². The molecule has 0 aliphatic carbocycles. The van der Waals surface area contributed by atoms with Gasteiger partial charge in [0.05, 0.1) is 0 Å². The third kappa shape index (κ3) is 3.28. The summed E-state index contributed by atoms with van der Waals surface area (Å²) in [5.74, 6) is -0.513. The van der Waals surface area contributed by atoms with Crippen molar-refractivity contribution in [3.8, 4) is 0 Å². The predicted molar refractivity (Wildman–Crippen MR) is 52.1 cm³/mol. The molecule has 0 saturated heterocycles. The van der Waals surface area contributed by atoms with Gasteiger partial charge in [-0.3, -0.25) is 4.79 Å². The molecular formula is C10H12F2N2O. The van der Waals surface area contributed by atoms with Crippen molar-refractivity contribution in [2.45, 2.75) is 18.9 Å². The van der Waals surface area contributed by atoms with Gasteiger partial charge in [0.1, 0.15) is 0 Å². The zero-order valence-corrected chi connectivity index (χ0v) is 7.99. The first kappa shape index (κ1) is 11.6. The van der Waals surface area contributed by atoms with Gasteiger partial charge in [0.15, 0.2) is 0 Å². The van der Waals surface area contributed by atoms with Crippen LogP contribution in [0.4, 0.5) is 8.78 Å². The van der Waals surface area contributed by atoms with E-state index in [-0.39, 0.29) is 12.0 Å². The van der Waals surface area contributed by atoms with E-state index in [2.05, 4.69) is 0 Å². The molecule has 15 heavy (non-hydrogen) atoms. The van der Waals surface area contributed by atoms with E-state index >= 15 is 0 Å². The molecule has 0 aliphatic rings. The highest BCUT2D eigenvalue weighted by molar-refractivity contribution is 5.74. The molecule has 1 aromatic rings. The Bertz CT molecular complexity index is 338. The molecular weight excluding hydrogens is 202 g/mol. The molecule has 0 aromatic heterocycles. The first-order chi connectivity index (χ1) is 7.00. The summed E-state index contributed by atoms with van der Waals surface area (Å²) in [5.41, 5.74) is 11.2. The number of hydrogen-bond acceptors (Lipinski definition) is 2. The van der Waals surface area contributed by atoms with Crippen molar-refractivity contribution < 1.29 is 13.6 Å². The van der Waals surface area contributed by atoms with Gasteiger partial charge in [0.25, 0.3) is 6.43 Å². The van der Waals surface area contributed by atoms with E-state index in [1.165, 1.54) is 24.3 Å². The summed E-state index contributed by atoms with van der Waals surface area (Å²) in [5, 5.41) is 0. The van der Waals surface area contributed by atoms with Crippen molar-refractivity contribution in [2.75, 3.05) is 0 Å². The first-order valence-electron chi connectivity index (χ1n) is 4.42. The highest BCUT2D eigenvalue weighted by atomic mass is 19.3. The number of halogens is 2. The van der Waals surface area contributed by atoms with Crippen LogP contribution in [0.15, 0.2) is 24.3 Å². The van der Waals surface area contributed by atoms with Gasteiger partial charge in [-0.2, -0.15) is 0 Å². The van der Waals surface area contributed by atoms with E-state index in [0.717, 1.165) is 0 Å². The molecule has 1 atom stereocenters. The minimum atomic E-state index is -2.49. The molecule has 5 heteroatoms. The van der Waals surface area contributed by atoms with Gasteiger partial charge in [0.2, 0.25) is 5.91 Å². The highest BCUT2D eigenvalue weighted by Gasteiger charge is 2.11. The summed E-state index contributed by atoms with van der Waals surface area (Å²) in [4.78, 5) is 10.6. The van der Waals surface area contributed by atoms with E-state index in [4.69, 9.17) is 11.5 Å². The van der Waals surface area contributed by atoms with Crippen LogP contribution < -0.4 is 11.5 Å². The Labute approximate surface area is 86.1 Å². The van der Waals surface area contributed by atoms with Crippen LogP contribution in [0, 0.1) is 0 Å². The number of rotatable bonds is 4. The number of primary amides is 1. The second-order valence-corrected chi connectivity index (χ2v) is 3.24. The van der Waals surface area contributed by atoms with Crippen LogP contribution in [0.3, 0.4) is 0 Å². The van der Waals surface area contributed by atoms with Crippen LogP contribution in [-0.2, 0) is 4.79 Å². The zero-order chi connectivity index (χ0) is 11.4. The molecule has 82 valence electrons. The fourth-order valence-electron chi connectivity index (χ4n) is 1.22. The molecule has 0 fully saturated rings. The number of carbonyl (C=O) groups excluding carboxylic acids is 1. The van der Waals surface area contributed by atoms with E-state index in [1.54, 1.807) is 0 Å². The van der Waals surface area contributed by atoms with Crippen LogP contribution in [0.25, 0.3) is 0 Å². The highest BCUT2D eigenvalue weighted by Crippen LogP contribution is 2.21. The molecule has 1 aromatic carbocycles. The summed E-state index contributed by atoms with van der Waals surface area (Å²) in [6, 6.07) is 5.01. The predicted octanol–water partition coefficient (Wildman–Crippen LogP) is 1.50. The fraction of sp³-hybridized carbons (Fsp3) is 0.300.